The fraction of sp³-hybridized carbons (Fsp3) is 0.550. The summed E-state index contributed by atoms with van der Waals surface area (Å²) >= 11 is 0. The van der Waals surface area contributed by atoms with Gasteiger partial charge in [-0.1, -0.05) is 30.3 Å². The van der Waals surface area contributed by atoms with Gasteiger partial charge >= 0.3 is 11.9 Å². The van der Waals surface area contributed by atoms with Gasteiger partial charge in [-0.3, -0.25) is 14.4 Å². The van der Waals surface area contributed by atoms with Crippen molar-refractivity contribution in [3.8, 4) is 0 Å². The molecule has 1 aromatic carbocycles. The highest BCUT2D eigenvalue weighted by atomic mass is 16.6. The number of Topliss-reactive ketones (excluding diaryl/α,β-unsaturated/α-hetero) is 1. The molecule has 0 amide bonds. The molecular weight excluding hydrogens is 320 g/mol. The molecule has 1 saturated heterocycles. The molecule has 5 heteroatoms. The minimum atomic E-state index is -1.42. The van der Waals surface area contributed by atoms with Crippen LogP contribution in [-0.4, -0.2) is 28.9 Å². The predicted molar refractivity (Wildman–Crippen MR) is 90.7 cm³/mol. The molecule has 2 fully saturated rings. The summed E-state index contributed by atoms with van der Waals surface area (Å²) in [5.41, 5.74) is -2.18. The minimum Gasteiger partial charge on any atom is -0.459 e. The van der Waals surface area contributed by atoms with Crippen LogP contribution in [0.15, 0.2) is 30.3 Å². The Bertz CT molecular complexity index is 732. The Morgan fingerprint density at radius 2 is 1.76 bits per heavy atom. The maximum absolute atomic E-state index is 13.2. The van der Waals surface area contributed by atoms with Crippen LogP contribution in [0.1, 0.15) is 52.5 Å². The number of esters is 2. The second-order valence-electron chi connectivity index (χ2n) is 8.31. The van der Waals surface area contributed by atoms with Crippen LogP contribution in [0, 0.1) is 11.3 Å². The second-order valence-corrected chi connectivity index (χ2v) is 8.31. The molecule has 0 radical (unpaired) electrons. The number of benzene rings is 1. The molecule has 0 bridgehead atoms. The van der Waals surface area contributed by atoms with Gasteiger partial charge in [-0.2, -0.15) is 0 Å². The van der Waals surface area contributed by atoms with Crippen molar-refractivity contribution in [2.24, 2.45) is 11.3 Å². The molecule has 0 spiro atoms. The van der Waals surface area contributed by atoms with E-state index in [1.165, 1.54) is 6.92 Å². The van der Waals surface area contributed by atoms with Crippen LogP contribution >= 0.6 is 0 Å². The summed E-state index contributed by atoms with van der Waals surface area (Å²) in [7, 11) is 0. The van der Waals surface area contributed by atoms with Gasteiger partial charge in [0, 0.05) is 12.3 Å². The summed E-state index contributed by atoms with van der Waals surface area (Å²) in [5, 5.41) is 0. The molecule has 0 aromatic heterocycles. The van der Waals surface area contributed by atoms with Crippen molar-refractivity contribution in [1.29, 1.82) is 0 Å². The summed E-state index contributed by atoms with van der Waals surface area (Å²) < 4.78 is 11.0. The number of carbonyl (C=O) groups is 3. The van der Waals surface area contributed by atoms with Crippen LogP contribution in [0.4, 0.5) is 0 Å². The summed E-state index contributed by atoms with van der Waals surface area (Å²) in [6, 6.07) is 9.25. The van der Waals surface area contributed by atoms with E-state index in [-0.39, 0.29) is 18.2 Å². The fourth-order valence-corrected chi connectivity index (χ4v) is 4.32. The Hall–Kier alpha value is -2.17. The van der Waals surface area contributed by atoms with Crippen molar-refractivity contribution < 1.29 is 23.9 Å². The fourth-order valence-electron chi connectivity index (χ4n) is 4.32. The van der Waals surface area contributed by atoms with Crippen molar-refractivity contribution in [2.45, 2.75) is 58.2 Å². The highest BCUT2D eigenvalue weighted by Gasteiger charge is 2.74. The lowest BCUT2D eigenvalue weighted by Crippen LogP contribution is -2.53. The van der Waals surface area contributed by atoms with E-state index in [4.69, 9.17) is 9.47 Å². The van der Waals surface area contributed by atoms with Crippen LogP contribution in [0.25, 0.3) is 0 Å². The SMILES string of the molecule is CC(=O)[C@]1(C(=O)OC(C)(C)C)C[C@]2(C)OC(=O)[C@@H]2[C@H]1c1ccccc1. The van der Waals surface area contributed by atoms with E-state index in [0.717, 1.165) is 5.56 Å². The van der Waals surface area contributed by atoms with Crippen molar-refractivity contribution in [3.05, 3.63) is 35.9 Å². The Morgan fingerprint density at radius 1 is 1.16 bits per heavy atom. The average Bonchev–Trinajstić information content (AvgIpc) is 2.71. The predicted octanol–water partition coefficient (Wildman–Crippen LogP) is 3.02. The average molecular weight is 344 g/mol. The zero-order valence-corrected chi connectivity index (χ0v) is 15.3. The highest BCUT2D eigenvalue weighted by Crippen LogP contribution is 2.64. The summed E-state index contributed by atoms with van der Waals surface area (Å²) in [5.74, 6) is -2.32. The van der Waals surface area contributed by atoms with Crippen molar-refractivity contribution >= 4 is 17.7 Å². The summed E-state index contributed by atoms with van der Waals surface area (Å²) in [6.07, 6.45) is 0.153. The van der Waals surface area contributed by atoms with Gasteiger partial charge in [0.2, 0.25) is 0 Å². The topological polar surface area (TPSA) is 69.7 Å². The summed E-state index contributed by atoms with van der Waals surface area (Å²) in [6.45, 7) is 8.50. The van der Waals surface area contributed by atoms with Crippen LogP contribution in [0.5, 0.6) is 0 Å². The number of carbonyl (C=O) groups excluding carboxylic acids is 3. The third-order valence-corrected chi connectivity index (χ3v) is 5.29. The number of ketones is 1. The van der Waals surface area contributed by atoms with Gasteiger partial charge in [0.15, 0.2) is 0 Å². The molecule has 1 aromatic rings. The molecule has 1 aliphatic carbocycles. The van der Waals surface area contributed by atoms with Crippen LogP contribution < -0.4 is 0 Å². The molecule has 4 atom stereocenters. The van der Waals surface area contributed by atoms with Crippen LogP contribution in [0.3, 0.4) is 0 Å². The van der Waals surface area contributed by atoms with Gasteiger partial charge < -0.3 is 9.47 Å². The number of hydrogen-bond acceptors (Lipinski definition) is 5. The minimum absolute atomic E-state index is 0.153. The normalized spacial score (nSPS) is 33.9. The number of rotatable bonds is 3. The maximum Gasteiger partial charge on any atom is 0.320 e. The molecule has 0 N–H and O–H groups in total. The van der Waals surface area contributed by atoms with Gasteiger partial charge in [-0.25, -0.2) is 0 Å². The lowest BCUT2D eigenvalue weighted by atomic mass is 9.69. The van der Waals surface area contributed by atoms with Gasteiger partial charge in [0.25, 0.3) is 0 Å². The zero-order valence-electron chi connectivity index (χ0n) is 15.3. The molecule has 1 heterocycles. The van der Waals surface area contributed by atoms with E-state index < -0.39 is 34.4 Å². The smallest absolute Gasteiger partial charge is 0.320 e. The first-order chi connectivity index (χ1) is 11.5. The first kappa shape index (κ1) is 17.6. The Morgan fingerprint density at radius 3 is 2.24 bits per heavy atom. The summed E-state index contributed by atoms with van der Waals surface area (Å²) in [4.78, 5) is 38.2. The van der Waals surface area contributed by atoms with E-state index in [2.05, 4.69) is 0 Å². The second kappa shape index (κ2) is 5.41. The molecule has 2 aliphatic rings. The van der Waals surface area contributed by atoms with Gasteiger partial charge in [-0.05, 0) is 40.2 Å². The molecule has 0 unspecified atom stereocenters. The number of hydrogen-bond donors (Lipinski definition) is 0. The van der Waals surface area contributed by atoms with Gasteiger partial charge in [0.1, 0.15) is 28.3 Å². The van der Waals surface area contributed by atoms with Crippen molar-refractivity contribution in [3.63, 3.8) is 0 Å². The van der Waals surface area contributed by atoms with Crippen LogP contribution in [0.2, 0.25) is 0 Å². The molecule has 25 heavy (non-hydrogen) atoms. The molecular formula is C20H24O5. The van der Waals surface area contributed by atoms with Crippen LogP contribution in [-0.2, 0) is 23.9 Å². The van der Waals surface area contributed by atoms with Gasteiger partial charge in [0.05, 0.1) is 0 Å². The molecule has 1 saturated carbocycles. The van der Waals surface area contributed by atoms with E-state index in [9.17, 15) is 14.4 Å². The molecule has 1 aliphatic heterocycles. The molecule has 5 nitrogen and oxygen atoms in total. The lowest BCUT2D eigenvalue weighted by molar-refractivity contribution is -0.203. The first-order valence-electron chi connectivity index (χ1n) is 8.53. The Kier molecular flexibility index (Phi) is 3.82. The zero-order chi connectivity index (χ0) is 18.6. The third-order valence-electron chi connectivity index (χ3n) is 5.29. The molecule has 134 valence electrons. The van der Waals surface area contributed by atoms with Crippen molar-refractivity contribution in [1.82, 2.24) is 0 Å². The standard InChI is InChI=1S/C20H24O5/c1-12(21)20(17(23)25-18(2,3)4)11-19(5)15(16(22)24-19)14(20)13-9-7-6-8-10-13/h6-10,14-15H,11H2,1-5H3/t14-,15+,19+,20-/m1/s1. The Labute approximate surface area is 147 Å². The lowest BCUT2D eigenvalue weighted by Gasteiger charge is -2.42. The largest absolute Gasteiger partial charge is 0.459 e. The van der Waals surface area contributed by atoms with E-state index >= 15 is 0 Å². The van der Waals surface area contributed by atoms with Gasteiger partial charge in [-0.15, -0.1) is 0 Å². The quantitative estimate of drug-likeness (QED) is 0.623. The van der Waals surface area contributed by atoms with E-state index in [1.54, 1.807) is 27.7 Å². The third kappa shape index (κ3) is 2.57. The monoisotopic (exact) mass is 344 g/mol. The van der Waals surface area contributed by atoms with E-state index in [1.807, 2.05) is 30.3 Å². The first-order valence-corrected chi connectivity index (χ1v) is 8.53. The number of ether oxygens (including phenoxy) is 2. The Balaban J connectivity index is 2.16. The van der Waals surface area contributed by atoms with E-state index in [0.29, 0.717) is 0 Å². The highest BCUT2D eigenvalue weighted by molar-refractivity contribution is 6.06. The maximum atomic E-state index is 13.2. The number of fused-ring (bicyclic) bond motifs is 1. The van der Waals surface area contributed by atoms with Crippen molar-refractivity contribution in [2.75, 3.05) is 0 Å². The molecule has 3 rings (SSSR count).